The number of rotatable bonds is 2. The number of benzene rings is 1. The summed E-state index contributed by atoms with van der Waals surface area (Å²) in [7, 11) is 1.21. The molecule has 1 aromatic rings. The summed E-state index contributed by atoms with van der Waals surface area (Å²) in [5, 5.41) is 3.54. The molecule has 7 heteroatoms. The summed E-state index contributed by atoms with van der Waals surface area (Å²) in [5.74, 6) is -0.561. The van der Waals surface area contributed by atoms with E-state index in [0.29, 0.717) is 22.7 Å². The van der Waals surface area contributed by atoms with Gasteiger partial charge in [-0.1, -0.05) is 29.8 Å². The van der Waals surface area contributed by atoms with E-state index in [1.807, 2.05) is 6.92 Å². The number of dihydropyridines is 1. The van der Waals surface area contributed by atoms with Gasteiger partial charge in [0.25, 0.3) is 0 Å². The molecule has 2 heterocycles. The van der Waals surface area contributed by atoms with Crippen molar-refractivity contribution in [2.45, 2.75) is 32.0 Å². The van der Waals surface area contributed by atoms with Crippen LogP contribution < -0.4 is 5.32 Å². The van der Waals surface area contributed by atoms with Gasteiger partial charge < -0.3 is 19.5 Å². The number of hydrogen-bond acceptors (Lipinski definition) is 6. The predicted octanol–water partition coefficient (Wildman–Crippen LogP) is 3.41. The van der Waals surface area contributed by atoms with Crippen LogP contribution in [-0.4, -0.2) is 25.3 Å². The van der Waals surface area contributed by atoms with Gasteiger partial charge >= 0.3 is 12.1 Å². The predicted molar refractivity (Wildman–Crippen MR) is 90.7 cm³/mol. The lowest BCUT2D eigenvalue weighted by Crippen LogP contribution is -2.46. The van der Waals surface area contributed by atoms with Gasteiger partial charge in [-0.25, -0.2) is 9.59 Å². The highest BCUT2D eigenvalue weighted by Crippen LogP contribution is 2.45. The monoisotopic (exact) mass is 363 g/mol. The average Bonchev–Trinajstić information content (AvgIpc) is 2.53. The molecule has 1 N–H and O–H groups in total. The lowest BCUT2D eigenvalue weighted by molar-refractivity contribution is -0.148. The fraction of sp³-hybridized carbons (Fsp3) is 0.333. The van der Waals surface area contributed by atoms with Crippen molar-refractivity contribution in [3.05, 3.63) is 57.9 Å². The highest BCUT2D eigenvalue weighted by Gasteiger charge is 2.50. The van der Waals surface area contributed by atoms with Crippen LogP contribution in [0, 0.1) is 0 Å². The van der Waals surface area contributed by atoms with Crippen molar-refractivity contribution in [3.63, 3.8) is 0 Å². The molecule has 1 aromatic carbocycles. The molecule has 2 aliphatic heterocycles. The lowest BCUT2D eigenvalue weighted by atomic mass is 9.80. The molecule has 2 unspecified atom stereocenters. The molecule has 0 bridgehead atoms. The number of esters is 1. The Balaban J connectivity index is 2.28. The molecule has 0 saturated carbocycles. The van der Waals surface area contributed by atoms with Gasteiger partial charge in [-0.3, -0.25) is 0 Å². The molecule has 132 valence electrons. The highest BCUT2D eigenvalue weighted by molar-refractivity contribution is 6.31. The third-order valence-electron chi connectivity index (χ3n) is 4.13. The van der Waals surface area contributed by atoms with Crippen LogP contribution in [-0.2, 0) is 24.6 Å². The summed E-state index contributed by atoms with van der Waals surface area (Å²) >= 11 is 6.37. The number of ether oxygens (including phenoxy) is 3. The first-order valence-electron chi connectivity index (χ1n) is 7.80. The van der Waals surface area contributed by atoms with Gasteiger partial charge in [0.05, 0.1) is 7.11 Å². The van der Waals surface area contributed by atoms with E-state index in [1.165, 1.54) is 7.11 Å². The van der Waals surface area contributed by atoms with E-state index in [1.54, 1.807) is 37.3 Å². The number of methoxy groups -OCH3 is 1. The smallest absolute Gasteiger partial charge is 0.459 e. The molecule has 2 aliphatic rings. The fourth-order valence-electron chi connectivity index (χ4n) is 3.22. The minimum absolute atomic E-state index is 0.203. The Morgan fingerprint density at radius 1 is 1.40 bits per heavy atom. The summed E-state index contributed by atoms with van der Waals surface area (Å²) in [4.78, 5) is 24.7. The quantitative estimate of drug-likeness (QED) is 0.812. The Morgan fingerprint density at radius 2 is 2.12 bits per heavy atom. The summed E-state index contributed by atoms with van der Waals surface area (Å²) in [6.07, 6.45) is 0.903. The molecular weight excluding hydrogens is 346 g/mol. The zero-order valence-electron chi connectivity index (χ0n) is 14.1. The Morgan fingerprint density at radius 3 is 2.80 bits per heavy atom. The van der Waals surface area contributed by atoms with Gasteiger partial charge in [0.15, 0.2) is 5.60 Å². The van der Waals surface area contributed by atoms with Crippen LogP contribution >= 0.6 is 11.6 Å². The molecule has 0 spiro atoms. The second-order valence-corrected chi connectivity index (χ2v) is 6.40. The summed E-state index contributed by atoms with van der Waals surface area (Å²) < 4.78 is 15.7. The Kier molecular flexibility index (Phi) is 4.47. The zero-order chi connectivity index (χ0) is 18.2. The molecule has 0 aromatic heterocycles. The molecular formula is C18H18ClNO5. The summed E-state index contributed by atoms with van der Waals surface area (Å²) in [5.41, 5.74) is 0.515. The first-order valence-corrected chi connectivity index (χ1v) is 8.18. The minimum atomic E-state index is -1.52. The number of halogens is 1. The third kappa shape index (κ3) is 2.98. The van der Waals surface area contributed by atoms with Gasteiger partial charge in [0, 0.05) is 28.4 Å². The van der Waals surface area contributed by atoms with Crippen molar-refractivity contribution in [1.82, 2.24) is 5.32 Å². The van der Waals surface area contributed by atoms with E-state index in [4.69, 9.17) is 21.1 Å². The number of hydrogen-bond donors (Lipinski definition) is 1. The van der Waals surface area contributed by atoms with Gasteiger partial charge in [0.2, 0.25) is 0 Å². The first-order chi connectivity index (χ1) is 11.9. The lowest BCUT2D eigenvalue weighted by Gasteiger charge is -2.40. The largest absolute Gasteiger partial charge is 0.509 e. The van der Waals surface area contributed by atoms with Gasteiger partial charge in [-0.15, -0.1) is 0 Å². The van der Waals surface area contributed by atoms with E-state index in [2.05, 4.69) is 10.1 Å². The van der Waals surface area contributed by atoms with Crippen LogP contribution in [0.15, 0.2) is 47.3 Å². The molecule has 0 radical (unpaired) electrons. The number of carbonyl (C=O) groups is 2. The van der Waals surface area contributed by atoms with E-state index < -0.39 is 17.7 Å². The summed E-state index contributed by atoms with van der Waals surface area (Å²) in [6.45, 7) is 3.62. The maximum atomic E-state index is 12.7. The Labute approximate surface area is 150 Å². The van der Waals surface area contributed by atoms with E-state index in [0.717, 1.165) is 5.70 Å². The van der Waals surface area contributed by atoms with E-state index in [-0.39, 0.29) is 11.7 Å². The Hall–Kier alpha value is -2.47. The maximum absolute atomic E-state index is 12.7. The van der Waals surface area contributed by atoms with Crippen molar-refractivity contribution in [3.8, 4) is 0 Å². The van der Waals surface area contributed by atoms with Gasteiger partial charge in [-0.05, 0) is 26.0 Å². The normalized spacial score (nSPS) is 25.4. The first kappa shape index (κ1) is 17.4. The molecule has 6 nitrogen and oxygen atoms in total. The summed E-state index contributed by atoms with van der Waals surface area (Å²) in [6, 6.07) is 6.88. The topological polar surface area (TPSA) is 73.9 Å². The van der Waals surface area contributed by atoms with Crippen molar-refractivity contribution >= 4 is 23.7 Å². The van der Waals surface area contributed by atoms with Crippen LogP contribution in [0.1, 0.15) is 25.8 Å². The van der Waals surface area contributed by atoms with Crippen LogP contribution in [0.5, 0.6) is 0 Å². The van der Waals surface area contributed by atoms with Crippen LogP contribution in [0.4, 0.5) is 4.79 Å². The molecule has 2 atom stereocenters. The number of cyclic esters (lactones) is 1. The molecule has 0 amide bonds. The van der Waals surface area contributed by atoms with Crippen molar-refractivity contribution in [2.24, 2.45) is 0 Å². The van der Waals surface area contributed by atoms with Crippen LogP contribution in [0.3, 0.4) is 0 Å². The van der Waals surface area contributed by atoms with Crippen molar-refractivity contribution < 1.29 is 23.8 Å². The van der Waals surface area contributed by atoms with Gasteiger partial charge in [-0.2, -0.15) is 0 Å². The maximum Gasteiger partial charge on any atom is 0.509 e. The average molecular weight is 364 g/mol. The number of allylic oxidation sites excluding steroid dienone is 1. The molecule has 25 heavy (non-hydrogen) atoms. The number of carbonyl (C=O) groups excluding carboxylic acids is 2. The second kappa shape index (κ2) is 6.44. The van der Waals surface area contributed by atoms with Gasteiger partial charge in [0.1, 0.15) is 11.7 Å². The van der Waals surface area contributed by atoms with E-state index in [9.17, 15) is 9.59 Å². The molecule has 3 rings (SSSR count). The van der Waals surface area contributed by atoms with E-state index >= 15 is 0 Å². The van der Waals surface area contributed by atoms with Crippen LogP contribution in [0.2, 0.25) is 5.02 Å². The highest BCUT2D eigenvalue weighted by atomic mass is 35.5. The zero-order valence-corrected chi connectivity index (χ0v) is 14.8. The minimum Gasteiger partial charge on any atom is -0.459 e. The van der Waals surface area contributed by atoms with Crippen LogP contribution in [0.25, 0.3) is 0 Å². The molecule has 0 saturated heterocycles. The fourth-order valence-corrected chi connectivity index (χ4v) is 3.50. The third-order valence-corrected chi connectivity index (χ3v) is 4.46. The standard InChI is InChI=1S/C18H18ClNO5/c1-10-9-18(25-17(22)23-3,12-6-4-5-7-13(12)19)15-14(20-10)8-11(2)24-16(15)21/h4-7,9,11,20H,8H2,1-3H3. The number of nitrogens with one attached hydrogen (secondary N) is 1. The Bertz CT molecular complexity index is 800. The molecule has 0 fully saturated rings. The SMILES string of the molecule is COC(=O)OC1(c2ccccc2Cl)C=C(C)NC2=C1C(=O)OC(C)C2. The second-order valence-electron chi connectivity index (χ2n) is 6.00. The van der Waals surface area contributed by atoms with Crippen molar-refractivity contribution in [1.29, 1.82) is 0 Å². The molecule has 0 aliphatic carbocycles. The van der Waals surface area contributed by atoms with Crippen molar-refractivity contribution in [2.75, 3.05) is 7.11 Å².